The van der Waals surface area contributed by atoms with Crippen LogP contribution in [-0.2, 0) is 11.3 Å². The number of hydrogen-bond acceptors (Lipinski definition) is 5. The van der Waals surface area contributed by atoms with Gasteiger partial charge in [-0.1, -0.05) is 0 Å². The molecule has 0 atom stereocenters. The predicted molar refractivity (Wildman–Crippen MR) is 49.7 cm³/mol. The molecule has 0 saturated heterocycles. The number of hydrogen-bond donors (Lipinski definition) is 2. The fourth-order valence-electron chi connectivity index (χ4n) is 1.04. The van der Waals surface area contributed by atoms with Crippen LogP contribution in [0.2, 0.25) is 0 Å². The van der Waals surface area contributed by atoms with Gasteiger partial charge in [0.25, 0.3) is 0 Å². The van der Waals surface area contributed by atoms with Crippen molar-refractivity contribution in [1.82, 2.24) is 9.78 Å². The molecule has 0 unspecified atom stereocenters. The number of esters is 1. The van der Waals surface area contributed by atoms with Gasteiger partial charge in [0.1, 0.15) is 0 Å². The molecule has 0 bridgehead atoms. The maximum atomic E-state index is 11.1. The summed E-state index contributed by atoms with van der Waals surface area (Å²) in [4.78, 5) is 11.1. The first-order valence-electron chi connectivity index (χ1n) is 4.21. The van der Waals surface area contributed by atoms with Crippen LogP contribution >= 0.6 is 0 Å². The van der Waals surface area contributed by atoms with Crippen LogP contribution in [0.1, 0.15) is 16.9 Å². The first-order chi connectivity index (χ1) is 6.69. The number of carbonyl (C=O) groups excluding carboxylic acids is 1. The lowest BCUT2D eigenvalue weighted by atomic mass is 10.4. The van der Waals surface area contributed by atoms with E-state index in [-0.39, 0.29) is 18.0 Å². The molecule has 1 aromatic rings. The average molecular weight is 199 g/mol. The van der Waals surface area contributed by atoms with Crippen molar-refractivity contribution in [2.45, 2.75) is 13.0 Å². The highest BCUT2D eigenvalue weighted by molar-refractivity contribution is 5.92. The van der Waals surface area contributed by atoms with E-state index in [1.165, 1.54) is 11.8 Å². The summed E-state index contributed by atoms with van der Waals surface area (Å²) >= 11 is 0. The number of nitrogen functional groups attached to an aromatic ring is 1. The molecule has 0 fully saturated rings. The Balaban J connectivity index is 2.77. The maximum Gasteiger partial charge on any atom is 0.360 e. The zero-order valence-corrected chi connectivity index (χ0v) is 7.93. The van der Waals surface area contributed by atoms with Gasteiger partial charge in [0.15, 0.2) is 5.69 Å². The second-order valence-electron chi connectivity index (χ2n) is 2.76. The number of ether oxygens (including phenoxy) is 1. The molecule has 0 radical (unpaired) electrons. The smallest absolute Gasteiger partial charge is 0.360 e. The third-order valence-corrected chi connectivity index (χ3v) is 1.71. The van der Waals surface area contributed by atoms with Gasteiger partial charge in [-0.2, -0.15) is 5.10 Å². The summed E-state index contributed by atoms with van der Waals surface area (Å²) in [5.41, 5.74) is 5.95. The molecular formula is C8H13N3O3. The van der Waals surface area contributed by atoms with Crippen LogP contribution in [0.25, 0.3) is 0 Å². The van der Waals surface area contributed by atoms with E-state index in [4.69, 9.17) is 10.8 Å². The number of carbonyl (C=O) groups is 1. The Labute approximate surface area is 81.3 Å². The molecular weight excluding hydrogens is 186 g/mol. The second-order valence-corrected chi connectivity index (χ2v) is 2.76. The molecule has 6 heteroatoms. The molecule has 0 aliphatic carbocycles. The fraction of sp³-hybridized carbons (Fsp3) is 0.500. The second kappa shape index (κ2) is 4.61. The minimum atomic E-state index is -0.551. The van der Waals surface area contributed by atoms with Crippen LogP contribution < -0.4 is 5.73 Å². The van der Waals surface area contributed by atoms with E-state index in [2.05, 4.69) is 9.84 Å². The summed E-state index contributed by atoms with van der Waals surface area (Å²) in [5.74, 6) is -0.551. The molecule has 78 valence electrons. The van der Waals surface area contributed by atoms with Crippen LogP contribution in [0.5, 0.6) is 0 Å². The Morgan fingerprint density at radius 2 is 2.50 bits per heavy atom. The molecule has 3 N–H and O–H groups in total. The molecule has 0 amide bonds. The minimum absolute atomic E-state index is 0.0767. The molecule has 14 heavy (non-hydrogen) atoms. The van der Waals surface area contributed by atoms with E-state index in [0.717, 1.165) is 0 Å². The van der Waals surface area contributed by atoms with Gasteiger partial charge in [0, 0.05) is 19.3 Å². The molecule has 0 aromatic carbocycles. The van der Waals surface area contributed by atoms with Crippen LogP contribution in [-0.4, -0.2) is 34.6 Å². The van der Waals surface area contributed by atoms with E-state index < -0.39 is 5.97 Å². The summed E-state index contributed by atoms with van der Waals surface area (Å²) in [5, 5.41) is 12.5. The fourth-order valence-corrected chi connectivity index (χ4v) is 1.04. The average Bonchev–Trinajstić information content (AvgIpc) is 2.55. The van der Waals surface area contributed by atoms with E-state index >= 15 is 0 Å². The lowest BCUT2D eigenvalue weighted by Crippen LogP contribution is -2.07. The Hall–Kier alpha value is -1.56. The third kappa shape index (κ3) is 2.23. The zero-order chi connectivity index (χ0) is 10.6. The van der Waals surface area contributed by atoms with Crippen LogP contribution in [0.15, 0.2) is 6.20 Å². The summed E-state index contributed by atoms with van der Waals surface area (Å²) in [6, 6.07) is 0. The van der Waals surface area contributed by atoms with Crippen molar-refractivity contribution in [3.05, 3.63) is 11.9 Å². The Morgan fingerprint density at radius 1 is 1.79 bits per heavy atom. The highest BCUT2D eigenvalue weighted by Crippen LogP contribution is 2.10. The molecule has 1 aromatic heterocycles. The Bertz CT molecular complexity index is 322. The number of aliphatic hydroxyl groups excluding tert-OH is 1. The van der Waals surface area contributed by atoms with Gasteiger partial charge in [0.05, 0.1) is 12.8 Å². The number of aliphatic hydroxyl groups is 1. The highest BCUT2D eigenvalue weighted by Gasteiger charge is 2.14. The molecule has 0 aliphatic heterocycles. The SMILES string of the molecule is COC(=O)c1nn(CCCO)cc1N. The first-order valence-corrected chi connectivity index (χ1v) is 4.21. The summed E-state index contributed by atoms with van der Waals surface area (Å²) in [6.45, 7) is 0.602. The van der Waals surface area contributed by atoms with Crippen molar-refractivity contribution in [2.24, 2.45) is 0 Å². The van der Waals surface area contributed by atoms with Crippen molar-refractivity contribution < 1.29 is 14.6 Å². The molecule has 1 rings (SSSR count). The van der Waals surface area contributed by atoms with Crippen molar-refractivity contribution in [3.63, 3.8) is 0 Å². The van der Waals surface area contributed by atoms with Crippen molar-refractivity contribution in [3.8, 4) is 0 Å². The van der Waals surface area contributed by atoms with Crippen LogP contribution in [0, 0.1) is 0 Å². The number of anilines is 1. The third-order valence-electron chi connectivity index (χ3n) is 1.71. The van der Waals surface area contributed by atoms with Gasteiger partial charge in [-0.05, 0) is 6.42 Å². The van der Waals surface area contributed by atoms with Gasteiger partial charge in [-0.3, -0.25) is 4.68 Å². The lowest BCUT2D eigenvalue weighted by Gasteiger charge is -1.97. The number of methoxy groups -OCH3 is 1. The zero-order valence-electron chi connectivity index (χ0n) is 7.93. The molecule has 0 saturated carbocycles. The largest absolute Gasteiger partial charge is 0.464 e. The number of nitrogens with zero attached hydrogens (tertiary/aromatic N) is 2. The van der Waals surface area contributed by atoms with E-state index in [0.29, 0.717) is 13.0 Å². The van der Waals surface area contributed by atoms with E-state index in [9.17, 15) is 4.79 Å². The van der Waals surface area contributed by atoms with Gasteiger partial charge < -0.3 is 15.6 Å². The number of aryl methyl sites for hydroxylation is 1. The monoisotopic (exact) mass is 199 g/mol. The number of rotatable bonds is 4. The topological polar surface area (TPSA) is 90.4 Å². The van der Waals surface area contributed by atoms with Crippen molar-refractivity contribution >= 4 is 11.7 Å². The summed E-state index contributed by atoms with van der Waals surface area (Å²) in [6.07, 6.45) is 2.11. The predicted octanol–water partition coefficient (Wildman–Crippen LogP) is -0.366. The normalized spacial score (nSPS) is 10.1. The molecule has 0 spiro atoms. The van der Waals surface area contributed by atoms with Gasteiger partial charge in [-0.25, -0.2) is 4.79 Å². The number of nitrogens with two attached hydrogens (primary N) is 1. The highest BCUT2D eigenvalue weighted by atomic mass is 16.5. The standard InChI is InChI=1S/C8H13N3O3/c1-14-8(13)7-6(9)5-11(10-7)3-2-4-12/h5,12H,2-4,9H2,1H3. The van der Waals surface area contributed by atoms with Crippen LogP contribution in [0.4, 0.5) is 5.69 Å². The Kier molecular flexibility index (Phi) is 3.47. The number of aromatic nitrogens is 2. The Morgan fingerprint density at radius 3 is 3.07 bits per heavy atom. The lowest BCUT2D eigenvalue weighted by molar-refractivity contribution is 0.0594. The molecule has 6 nitrogen and oxygen atoms in total. The van der Waals surface area contributed by atoms with Gasteiger partial charge >= 0.3 is 5.97 Å². The van der Waals surface area contributed by atoms with E-state index in [1.807, 2.05) is 0 Å². The van der Waals surface area contributed by atoms with Crippen molar-refractivity contribution in [2.75, 3.05) is 19.5 Å². The van der Waals surface area contributed by atoms with Gasteiger partial charge in [-0.15, -0.1) is 0 Å². The summed E-state index contributed by atoms with van der Waals surface area (Å²) < 4.78 is 6.00. The quantitative estimate of drug-likeness (QED) is 0.646. The molecule has 0 aliphatic rings. The van der Waals surface area contributed by atoms with E-state index in [1.54, 1.807) is 6.20 Å². The molecule has 1 heterocycles. The summed E-state index contributed by atoms with van der Waals surface area (Å²) in [7, 11) is 1.27. The van der Waals surface area contributed by atoms with Crippen molar-refractivity contribution in [1.29, 1.82) is 0 Å². The van der Waals surface area contributed by atoms with Crippen LogP contribution in [0.3, 0.4) is 0 Å². The maximum absolute atomic E-state index is 11.1. The first kappa shape index (κ1) is 10.5. The van der Waals surface area contributed by atoms with Gasteiger partial charge in [0.2, 0.25) is 0 Å². The minimum Gasteiger partial charge on any atom is -0.464 e.